The first-order chi connectivity index (χ1) is 27.3. The van der Waals surface area contributed by atoms with E-state index in [-0.39, 0.29) is 13.2 Å². The minimum absolute atomic E-state index is 0.164. The van der Waals surface area contributed by atoms with Gasteiger partial charge in [-0.25, -0.2) is 0 Å². The summed E-state index contributed by atoms with van der Waals surface area (Å²) in [6.07, 6.45) is 7.78. The Balaban J connectivity index is 1.04. The van der Waals surface area contributed by atoms with E-state index in [0.717, 1.165) is 103 Å². The van der Waals surface area contributed by atoms with Crippen LogP contribution in [0.25, 0.3) is 11.1 Å². The maximum Gasteiger partial charge on any atom is 0.320 e. The lowest BCUT2D eigenvalue weighted by Crippen LogP contribution is -2.44. The molecule has 4 aromatic rings. The minimum Gasteiger partial charge on any atom is -0.493 e. The van der Waals surface area contributed by atoms with Crippen molar-refractivity contribution in [2.45, 2.75) is 71.8 Å². The predicted octanol–water partition coefficient (Wildman–Crippen LogP) is 8.22. The Morgan fingerprint density at radius 3 is 2.55 bits per heavy atom. The number of pyridine rings is 1. The van der Waals surface area contributed by atoms with E-state index in [2.05, 4.69) is 60.1 Å². The predicted molar refractivity (Wildman–Crippen MR) is 215 cm³/mol. The van der Waals surface area contributed by atoms with Gasteiger partial charge in [-0.2, -0.15) is 5.26 Å². The molecule has 0 bridgehead atoms. The van der Waals surface area contributed by atoms with E-state index in [1.54, 1.807) is 18.3 Å². The van der Waals surface area contributed by atoms with Gasteiger partial charge in [-0.3, -0.25) is 14.7 Å². The van der Waals surface area contributed by atoms with Crippen molar-refractivity contribution in [3.05, 3.63) is 105 Å². The number of piperidine rings is 2. The summed E-state index contributed by atoms with van der Waals surface area (Å²) in [5.74, 6) is 2.50. The van der Waals surface area contributed by atoms with E-state index in [1.807, 2.05) is 17.0 Å². The number of likely N-dealkylation sites (tertiary alicyclic amines) is 2. The van der Waals surface area contributed by atoms with E-state index in [1.165, 1.54) is 12.6 Å². The third kappa shape index (κ3) is 9.47. The maximum absolute atomic E-state index is 12.1. The van der Waals surface area contributed by atoms with Crippen LogP contribution in [0.3, 0.4) is 0 Å². The molecule has 0 radical (unpaired) electrons. The summed E-state index contributed by atoms with van der Waals surface area (Å²) in [5, 5.41) is 19.7. The van der Waals surface area contributed by atoms with Crippen LogP contribution in [0.2, 0.25) is 5.02 Å². The fraction of sp³-hybridized carbons (Fsp3) is 0.444. The summed E-state index contributed by atoms with van der Waals surface area (Å²) >= 11 is 6.88. The van der Waals surface area contributed by atoms with Gasteiger partial charge in [0.25, 0.3) is 0 Å². The summed E-state index contributed by atoms with van der Waals surface area (Å²) in [7, 11) is 0. The molecule has 0 aliphatic carbocycles. The number of rotatable bonds is 15. The van der Waals surface area contributed by atoms with E-state index in [0.29, 0.717) is 54.1 Å². The number of carboxylic acids is 1. The summed E-state index contributed by atoms with van der Waals surface area (Å²) < 4.78 is 24.8. The lowest BCUT2D eigenvalue weighted by atomic mass is 9.89. The van der Waals surface area contributed by atoms with Crippen LogP contribution in [0.5, 0.6) is 17.2 Å². The minimum atomic E-state index is -0.828. The number of halogens is 1. The number of ether oxygens (including phenoxy) is 4. The van der Waals surface area contributed by atoms with Gasteiger partial charge >= 0.3 is 5.97 Å². The topological polar surface area (TPSA) is 117 Å². The molecule has 7 rings (SSSR count). The third-order valence-electron chi connectivity index (χ3n) is 11.6. The van der Waals surface area contributed by atoms with E-state index >= 15 is 0 Å². The van der Waals surface area contributed by atoms with Gasteiger partial charge in [-0.1, -0.05) is 48.4 Å². The Morgan fingerprint density at radius 2 is 1.71 bits per heavy atom. The number of hydrogen-bond acceptors (Lipinski definition) is 9. The number of hydrogen-bond donors (Lipinski definition) is 1. The molecule has 3 fully saturated rings. The number of carboxylic acid groups (broad SMARTS) is 1. The van der Waals surface area contributed by atoms with Crippen molar-refractivity contribution in [2.24, 2.45) is 11.8 Å². The molecule has 11 heteroatoms. The van der Waals surface area contributed by atoms with Crippen molar-refractivity contribution in [2.75, 3.05) is 46.0 Å². The number of nitrogens with zero attached hydrogens (tertiary/aromatic N) is 4. The Labute approximate surface area is 334 Å². The zero-order valence-corrected chi connectivity index (χ0v) is 33.1. The van der Waals surface area contributed by atoms with Gasteiger partial charge in [0.15, 0.2) is 0 Å². The van der Waals surface area contributed by atoms with Gasteiger partial charge in [0, 0.05) is 61.7 Å². The Morgan fingerprint density at radius 1 is 0.911 bits per heavy atom. The molecule has 3 saturated heterocycles. The molecule has 1 aromatic heterocycles. The molecule has 3 aliphatic heterocycles. The molecular weight excluding hydrogens is 728 g/mol. The van der Waals surface area contributed by atoms with Crippen LogP contribution in [0.4, 0.5) is 0 Å². The largest absolute Gasteiger partial charge is 0.493 e. The molecule has 56 heavy (non-hydrogen) atoms. The normalized spacial score (nSPS) is 19.9. The van der Waals surface area contributed by atoms with Crippen molar-refractivity contribution in [3.63, 3.8) is 0 Å². The van der Waals surface area contributed by atoms with Crippen LogP contribution < -0.4 is 14.2 Å². The molecule has 0 spiro atoms. The number of nitriles is 1. The van der Waals surface area contributed by atoms with Gasteiger partial charge in [0.2, 0.25) is 0 Å². The first-order valence-corrected chi connectivity index (χ1v) is 20.2. The number of aliphatic carboxylic acids is 1. The second-order valence-corrected chi connectivity index (χ2v) is 15.8. The van der Waals surface area contributed by atoms with Crippen LogP contribution in [-0.2, 0) is 29.3 Å². The molecule has 2 unspecified atom stereocenters. The van der Waals surface area contributed by atoms with Crippen molar-refractivity contribution in [1.82, 2.24) is 14.8 Å². The van der Waals surface area contributed by atoms with Gasteiger partial charge in [-0.15, -0.1) is 0 Å². The molecule has 10 nitrogen and oxygen atoms in total. The fourth-order valence-electron chi connectivity index (χ4n) is 8.37. The first kappa shape index (κ1) is 39.6. The third-order valence-corrected chi connectivity index (χ3v) is 11.9. The highest BCUT2D eigenvalue weighted by atomic mass is 35.5. The summed E-state index contributed by atoms with van der Waals surface area (Å²) in [4.78, 5) is 20.8. The van der Waals surface area contributed by atoms with Crippen molar-refractivity contribution < 1.29 is 28.8 Å². The number of carbonyl (C=O) groups is 1. The monoisotopic (exact) mass is 778 g/mol. The van der Waals surface area contributed by atoms with Crippen LogP contribution in [0.15, 0.2) is 67.0 Å². The maximum atomic E-state index is 12.1. The molecule has 0 amide bonds. The highest BCUT2D eigenvalue weighted by Gasteiger charge is 2.33. The fourth-order valence-corrected chi connectivity index (χ4v) is 8.61. The van der Waals surface area contributed by atoms with Crippen LogP contribution in [0, 0.1) is 37.0 Å². The van der Waals surface area contributed by atoms with Gasteiger partial charge in [0.1, 0.15) is 42.6 Å². The Bertz CT molecular complexity index is 2050. The van der Waals surface area contributed by atoms with Crippen LogP contribution in [0.1, 0.15) is 65.5 Å². The van der Waals surface area contributed by atoms with E-state index < -0.39 is 12.0 Å². The van der Waals surface area contributed by atoms with E-state index in [9.17, 15) is 15.2 Å². The zero-order valence-electron chi connectivity index (χ0n) is 32.3. The smallest absolute Gasteiger partial charge is 0.320 e. The molecule has 294 valence electrons. The first-order valence-electron chi connectivity index (χ1n) is 19.8. The molecule has 3 atom stereocenters. The van der Waals surface area contributed by atoms with Gasteiger partial charge < -0.3 is 29.0 Å². The summed E-state index contributed by atoms with van der Waals surface area (Å²) in [6, 6.07) is 19.4. The van der Waals surface area contributed by atoms with Crippen molar-refractivity contribution in [3.8, 4) is 34.4 Å². The van der Waals surface area contributed by atoms with Crippen LogP contribution >= 0.6 is 11.6 Å². The molecule has 3 aliphatic rings. The highest BCUT2D eigenvalue weighted by Crippen LogP contribution is 2.38. The Kier molecular flexibility index (Phi) is 13.1. The second kappa shape index (κ2) is 18.5. The summed E-state index contributed by atoms with van der Waals surface area (Å²) in [6.45, 7) is 11.5. The van der Waals surface area contributed by atoms with E-state index in [4.69, 9.17) is 30.5 Å². The quantitative estimate of drug-likeness (QED) is 0.118. The average Bonchev–Trinajstić information content (AvgIpc) is 3.68. The molecule has 1 N–H and O–H groups in total. The lowest BCUT2D eigenvalue weighted by molar-refractivity contribution is -0.144. The molecule has 3 aromatic carbocycles. The number of benzene rings is 3. The number of aromatic nitrogens is 1. The van der Waals surface area contributed by atoms with Crippen molar-refractivity contribution in [1.29, 1.82) is 5.26 Å². The van der Waals surface area contributed by atoms with Gasteiger partial charge in [-0.05, 0) is 105 Å². The molecular formula is C45H51ClN4O6. The standard InChI is InChI=1S/C45H51ClN4O6/c1-30-34(8-5-9-38(30)39-10-6-12-42(31(39)2)54-17-7-14-49-16-13-35-27-53-28-37(35)24-49)29-56-44-20-43(55-26-33-18-32(21-47)22-48-23-33)36(19-40(44)46)25-50-15-4-3-11-41(50)45(51)52/h5-6,8-10,12,18-20,22-23,35,37,41H,3-4,7,11,13-17,24-29H2,1-2H3,(H,51,52)/t35?,37?,41-/m0/s1. The zero-order chi connectivity index (χ0) is 39.0. The average molecular weight is 779 g/mol. The second-order valence-electron chi connectivity index (χ2n) is 15.3. The molecule has 4 heterocycles. The lowest BCUT2D eigenvalue weighted by Gasteiger charge is -2.33. The SMILES string of the molecule is Cc1c(COc2cc(OCc3cncc(C#N)c3)c(CN3CCCC[C@H]3C(=O)O)cc2Cl)cccc1-c1cccc(OCCCN2CCC3COCC3C2)c1C. The van der Waals surface area contributed by atoms with Gasteiger partial charge in [0.05, 0.1) is 23.8 Å². The highest BCUT2D eigenvalue weighted by molar-refractivity contribution is 6.32. The number of fused-ring (bicyclic) bond motifs is 1. The van der Waals surface area contributed by atoms with Crippen LogP contribution in [-0.4, -0.2) is 77.9 Å². The Hall–Kier alpha value is -4.66. The molecule has 0 saturated carbocycles. The van der Waals surface area contributed by atoms with Crippen molar-refractivity contribution >= 4 is 17.6 Å². The summed E-state index contributed by atoms with van der Waals surface area (Å²) in [5.41, 5.74) is 7.40.